The quantitative estimate of drug-likeness (QED) is 0.936. The van der Waals surface area contributed by atoms with E-state index in [4.69, 9.17) is 10.5 Å². The predicted molar refractivity (Wildman–Crippen MR) is 75.5 cm³/mol. The average molecular weight is 275 g/mol. The zero-order valence-corrected chi connectivity index (χ0v) is 11.2. The largest absolute Gasteiger partial charge is 0.490 e. The van der Waals surface area contributed by atoms with Crippen LogP contribution in [0.5, 0.6) is 5.75 Å². The van der Waals surface area contributed by atoms with E-state index < -0.39 is 0 Å². The van der Waals surface area contributed by atoms with Crippen molar-refractivity contribution in [3.63, 3.8) is 0 Å². The summed E-state index contributed by atoms with van der Waals surface area (Å²) < 4.78 is 5.54. The Morgan fingerprint density at radius 1 is 1.18 bits per heavy atom. The van der Waals surface area contributed by atoms with Gasteiger partial charge in [0.1, 0.15) is 17.9 Å². The number of aromatic nitrogens is 1. The van der Waals surface area contributed by atoms with Crippen LogP contribution in [0.3, 0.4) is 0 Å². The molecule has 0 atom stereocenters. The van der Waals surface area contributed by atoms with Crippen LogP contribution in [0, 0.1) is 6.92 Å². The lowest BCUT2D eigenvalue weighted by atomic mass is 10.2. The van der Waals surface area contributed by atoms with Crippen molar-refractivity contribution in [3.8, 4) is 5.75 Å². The van der Waals surface area contributed by atoms with Crippen molar-refractivity contribution in [3.05, 3.63) is 36.0 Å². The normalized spacial score (nSPS) is 9.29. The van der Waals surface area contributed by atoms with Gasteiger partial charge in [0.2, 0.25) is 0 Å². The first-order valence-corrected chi connectivity index (χ1v) is 5.00. The second-order valence-electron chi connectivity index (χ2n) is 3.42. The molecule has 1 aromatic heterocycles. The topological polar surface area (TPSA) is 48.1 Å². The Labute approximate surface area is 113 Å². The molecule has 0 spiro atoms. The number of hydrogen-bond acceptors (Lipinski definition) is 3. The minimum Gasteiger partial charge on any atom is -0.490 e. The van der Waals surface area contributed by atoms with Crippen LogP contribution in [0.1, 0.15) is 5.69 Å². The number of benzene rings is 1. The van der Waals surface area contributed by atoms with Gasteiger partial charge in [0, 0.05) is 17.6 Å². The van der Waals surface area contributed by atoms with Gasteiger partial charge in [0.15, 0.2) is 0 Å². The van der Waals surface area contributed by atoms with E-state index in [0.717, 1.165) is 22.3 Å². The molecule has 0 aliphatic heterocycles. The monoisotopic (exact) mass is 274 g/mol. The first-order valence-electron chi connectivity index (χ1n) is 5.00. The molecule has 0 fully saturated rings. The van der Waals surface area contributed by atoms with E-state index in [1.807, 2.05) is 37.3 Å². The lowest BCUT2D eigenvalue weighted by Gasteiger charge is -2.07. The van der Waals surface area contributed by atoms with Crippen molar-refractivity contribution in [2.75, 3.05) is 13.2 Å². The highest BCUT2D eigenvalue weighted by Gasteiger charge is 2.02. The minimum atomic E-state index is 0. The molecule has 0 aliphatic carbocycles. The SMILES string of the molecule is Cc1ccc2cccc(OCCN)c2n1.Cl.Cl. The first-order chi connectivity index (χ1) is 7.31. The molecule has 5 heteroatoms. The number of rotatable bonds is 3. The fourth-order valence-electron chi connectivity index (χ4n) is 1.50. The van der Waals surface area contributed by atoms with Gasteiger partial charge in [-0.3, -0.25) is 0 Å². The summed E-state index contributed by atoms with van der Waals surface area (Å²) in [5.41, 5.74) is 7.31. The van der Waals surface area contributed by atoms with Crippen molar-refractivity contribution >= 4 is 35.7 Å². The highest BCUT2D eigenvalue weighted by molar-refractivity contribution is 5.86. The van der Waals surface area contributed by atoms with Gasteiger partial charge < -0.3 is 10.5 Å². The summed E-state index contributed by atoms with van der Waals surface area (Å²) in [5.74, 6) is 0.807. The van der Waals surface area contributed by atoms with E-state index in [1.54, 1.807) is 0 Å². The van der Waals surface area contributed by atoms with Crippen LogP contribution in [-0.4, -0.2) is 18.1 Å². The standard InChI is InChI=1S/C12H14N2O.2ClH/c1-9-5-6-10-3-2-4-11(12(10)14-9)15-8-7-13;;/h2-6H,7-8,13H2,1H3;2*1H. The molecule has 2 N–H and O–H groups in total. The van der Waals surface area contributed by atoms with Gasteiger partial charge in [-0.05, 0) is 19.1 Å². The lowest BCUT2D eigenvalue weighted by molar-refractivity contribution is 0.331. The van der Waals surface area contributed by atoms with Gasteiger partial charge in [0.05, 0.1) is 0 Å². The first kappa shape index (κ1) is 16.0. The molecule has 1 heterocycles. The fourth-order valence-corrected chi connectivity index (χ4v) is 1.50. The van der Waals surface area contributed by atoms with Crippen LogP contribution >= 0.6 is 24.8 Å². The molecule has 0 unspecified atom stereocenters. The smallest absolute Gasteiger partial charge is 0.145 e. The number of para-hydroxylation sites is 1. The van der Waals surface area contributed by atoms with E-state index in [1.165, 1.54) is 0 Å². The van der Waals surface area contributed by atoms with Crippen LogP contribution in [0.25, 0.3) is 10.9 Å². The third kappa shape index (κ3) is 3.73. The Balaban J connectivity index is 0.00000128. The second kappa shape index (κ2) is 7.33. The van der Waals surface area contributed by atoms with Crippen LogP contribution < -0.4 is 10.5 Å². The predicted octanol–water partition coefficient (Wildman–Crippen LogP) is 2.72. The highest BCUT2D eigenvalue weighted by atomic mass is 35.5. The number of aryl methyl sites for hydroxylation is 1. The third-order valence-corrected chi connectivity index (χ3v) is 2.20. The summed E-state index contributed by atoms with van der Waals surface area (Å²) in [5, 5.41) is 1.09. The van der Waals surface area contributed by atoms with Gasteiger partial charge in [-0.15, -0.1) is 24.8 Å². The number of fused-ring (bicyclic) bond motifs is 1. The van der Waals surface area contributed by atoms with E-state index in [-0.39, 0.29) is 24.8 Å². The summed E-state index contributed by atoms with van der Waals surface area (Å²) in [4.78, 5) is 4.46. The van der Waals surface area contributed by atoms with Crippen LogP contribution in [0.2, 0.25) is 0 Å². The lowest BCUT2D eigenvalue weighted by Crippen LogP contribution is -2.10. The molecule has 0 radical (unpaired) electrons. The Bertz CT molecular complexity index is 477. The summed E-state index contributed by atoms with van der Waals surface area (Å²) in [7, 11) is 0. The maximum absolute atomic E-state index is 5.54. The Kier molecular flexibility index (Phi) is 6.88. The average Bonchev–Trinajstić information content (AvgIpc) is 2.26. The van der Waals surface area contributed by atoms with Crippen LogP contribution in [0.15, 0.2) is 30.3 Å². The molecule has 2 aromatic rings. The molecule has 1 aromatic carbocycles. The van der Waals surface area contributed by atoms with Crippen LogP contribution in [-0.2, 0) is 0 Å². The van der Waals surface area contributed by atoms with Crippen molar-refractivity contribution < 1.29 is 4.74 Å². The molecule has 3 nitrogen and oxygen atoms in total. The number of nitrogens with two attached hydrogens (primary N) is 1. The van der Waals surface area contributed by atoms with Crippen molar-refractivity contribution in [1.82, 2.24) is 4.98 Å². The number of nitrogens with zero attached hydrogens (tertiary/aromatic N) is 1. The molecule has 17 heavy (non-hydrogen) atoms. The van der Waals surface area contributed by atoms with Gasteiger partial charge in [-0.1, -0.05) is 18.2 Å². The molecule has 0 saturated heterocycles. The Morgan fingerprint density at radius 2 is 1.94 bits per heavy atom. The third-order valence-electron chi connectivity index (χ3n) is 2.20. The van der Waals surface area contributed by atoms with E-state index in [9.17, 15) is 0 Å². The zero-order valence-electron chi connectivity index (χ0n) is 9.55. The van der Waals surface area contributed by atoms with Gasteiger partial charge in [-0.2, -0.15) is 0 Å². The summed E-state index contributed by atoms with van der Waals surface area (Å²) in [6, 6.07) is 9.95. The molecule has 0 aliphatic rings. The number of hydrogen-bond donors (Lipinski definition) is 1. The van der Waals surface area contributed by atoms with Crippen molar-refractivity contribution in [2.24, 2.45) is 5.73 Å². The minimum absolute atomic E-state index is 0. The second-order valence-corrected chi connectivity index (χ2v) is 3.42. The molecule has 0 bridgehead atoms. The van der Waals surface area contributed by atoms with Gasteiger partial charge in [0.25, 0.3) is 0 Å². The van der Waals surface area contributed by atoms with E-state index >= 15 is 0 Å². The van der Waals surface area contributed by atoms with Crippen LogP contribution in [0.4, 0.5) is 0 Å². The summed E-state index contributed by atoms with van der Waals surface area (Å²) in [6.07, 6.45) is 0. The molecular formula is C12H16Cl2N2O. The molecule has 94 valence electrons. The number of halogens is 2. The van der Waals surface area contributed by atoms with Crippen molar-refractivity contribution in [2.45, 2.75) is 6.92 Å². The summed E-state index contributed by atoms with van der Waals surface area (Å²) >= 11 is 0. The maximum Gasteiger partial charge on any atom is 0.145 e. The van der Waals surface area contributed by atoms with E-state index in [2.05, 4.69) is 4.98 Å². The number of ether oxygens (including phenoxy) is 1. The Morgan fingerprint density at radius 3 is 2.65 bits per heavy atom. The number of pyridine rings is 1. The fraction of sp³-hybridized carbons (Fsp3) is 0.250. The molecule has 0 saturated carbocycles. The van der Waals surface area contributed by atoms with Gasteiger partial charge >= 0.3 is 0 Å². The molecule has 0 amide bonds. The van der Waals surface area contributed by atoms with Crippen molar-refractivity contribution in [1.29, 1.82) is 0 Å². The highest BCUT2D eigenvalue weighted by Crippen LogP contribution is 2.23. The molecule has 2 rings (SSSR count). The van der Waals surface area contributed by atoms with E-state index in [0.29, 0.717) is 13.2 Å². The summed E-state index contributed by atoms with van der Waals surface area (Å²) in [6.45, 7) is 3.01. The van der Waals surface area contributed by atoms with Gasteiger partial charge in [-0.25, -0.2) is 4.98 Å². The zero-order chi connectivity index (χ0) is 10.7. The Hall–Kier alpha value is -1.03. The molecular weight excluding hydrogens is 259 g/mol. The maximum atomic E-state index is 5.54.